The van der Waals surface area contributed by atoms with Crippen LogP contribution in [0.1, 0.15) is 30.3 Å². The van der Waals surface area contributed by atoms with Crippen LogP contribution in [-0.4, -0.2) is 44.9 Å². The zero-order valence-corrected chi connectivity index (χ0v) is 13.9. The fourth-order valence-electron chi connectivity index (χ4n) is 3.22. The lowest BCUT2D eigenvalue weighted by Gasteiger charge is -2.38. The van der Waals surface area contributed by atoms with Gasteiger partial charge in [-0.1, -0.05) is 6.92 Å². The lowest BCUT2D eigenvalue weighted by molar-refractivity contribution is 0.0351. The third-order valence-electron chi connectivity index (χ3n) is 4.65. The van der Waals surface area contributed by atoms with Crippen molar-refractivity contribution in [1.29, 1.82) is 0 Å². The van der Waals surface area contributed by atoms with Crippen LogP contribution in [-0.2, 0) is 0 Å². The number of hydrogen-bond donors (Lipinski definition) is 1. The summed E-state index contributed by atoms with van der Waals surface area (Å²) in [6, 6.07) is 7.71. The molecule has 2 unspecified atom stereocenters. The van der Waals surface area contributed by atoms with Gasteiger partial charge in [0.25, 0.3) is 11.5 Å². The maximum atomic E-state index is 13.1. The average Bonchev–Trinajstić information content (AvgIpc) is 2.62. The molecular weight excluding hydrogens is 325 g/mol. The second kappa shape index (κ2) is 7.14. The molecule has 2 aromatic rings. The number of carbonyl (C=O) groups excluding carboxylic acids is 1. The Balaban J connectivity index is 1.95. The molecule has 1 amide bonds. The van der Waals surface area contributed by atoms with Crippen molar-refractivity contribution in [2.24, 2.45) is 5.92 Å². The van der Waals surface area contributed by atoms with E-state index in [0.717, 1.165) is 17.5 Å². The first-order valence-corrected chi connectivity index (χ1v) is 8.29. The van der Waals surface area contributed by atoms with Crippen LogP contribution < -0.4 is 5.56 Å². The summed E-state index contributed by atoms with van der Waals surface area (Å²) in [4.78, 5) is 26.5. The number of halogens is 1. The molecule has 132 valence electrons. The van der Waals surface area contributed by atoms with Crippen molar-refractivity contribution in [3.63, 3.8) is 0 Å². The smallest absolute Gasteiger partial charge is 0.274 e. The SMILES string of the molecule is CC1CCCN(C(=O)c2ccc(=O)n(-c3ccc(F)cc3)n2)C1CO. The molecule has 0 radical (unpaired) electrons. The molecule has 1 fully saturated rings. The molecule has 2 atom stereocenters. The van der Waals surface area contributed by atoms with Gasteiger partial charge in [-0.25, -0.2) is 4.39 Å². The van der Waals surface area contributed by atoms with Crippen LogP contribution in [0.3, 0.4) is 0 Å². The lowest BCUT2D eigenvalue weighted by Crippen LogP contribution is -2.50. The number of hydrogen-bond acceptors (Lipinski definition) is 4. The molecule has 7 heteroatoms. The van der Waals surface area contributed by atoms with Crippen molar-refractivity contribution in [3.8, 4) is 5.69 Å². The summed E-state index contributed by atoms with van der Waals surface area (Å²) in [5.74, 6) is -0.538. The fraction of sp³-hybridized carbons (Fsp3) is 0.389. The Labute approximate surface area is 144 Å². The van der Waals surface area contributed by atoms with Gasteiger partial charge in [0.05, 0.1) is 18.3 Å². The van der Waals surface area contributed by atoms with E-state index in [4.69, 9.17) is 0 Å². The van der Waals surface area contributed by atoms with Crippen molar-refractivity contribution in [2.75, 3.05) is 13.2 Å². The van der Waals surface area contributed by atoms with E-state index in [0.29, 0.717) is 12.2 Å². The van der Waals surface area contributed by atoms with Gasteiger partial charge in [-0.05, 0) is 49.1 Å². The Morgan fingerprint density at radius 2 is 2.00 bits per heavy atom. The van der Waals surface area contributed by atoms with Crippen LogP contribution in [0.4, 0.5) is 4.39 Å². The standard InChI is InChI=1S/C18H20FN3O3/c1-12-3-2-10-21(16(12)11-23)18(25)15-8-9-17(24)22(20-15)14-6-4-13(19)5-7-14/h4-9,12,16,23H,2-3,10-11H2,1H3. The van der Waals surface area contributed by atoms with E-state index in [1.165, 1.54) is 36.4 Å². The number of rotatable bonds is 3. The normalized spacial score (nSPS) is 20.5. The Kier molecular flexibility index (Phi) is 4.94. The number of carbonyl (C=O) groups is 1. The number of nitrogens with zero attached hydrogens (tertiary/aromatic N) is 3. The van der Waals surface area contributed by atoms with Gasteiger partial charge in [0.15, 0.2) is 0 Å². The Hall–Kier alpha value is -2.54. The molecule has 1 aliphatic heterocycles. The molecule has 1 aromatic carbocycles. The van der Waals surface area contributed by atoms with E-state index in [1.807, 2.05) is 6.92 Å². The third-order valence-corrected chi connectivity index (χ3v) is 4.65. The highest BCUT2D eigenvalue weighted by molar-refractivity contribution is 5.92. The van der Waals surface area contributed by atoms with Gasteiger partial charge < -0.3 is 10.0 Å². The van der Waals surface area contributed by atoms with E-state index >= 15 is 0 Å². The number of benzene rings is 1. The summed E-state index contributed by atoms with van der Waals surface area (Å²) in [7, 11) is 0. The molecule has 1 aliphatic rings. The van der Waals surface area contributed by atoms with Gasteiger partial charge in [-0.2, -0.15) is 9.78 Å². The van der Waals surface area contributed by atoms with Crippen molar-refractivity contribution in [3.05, 3.63) is 58.3 Å². The minimum atomic E-state index is -0.419. The van der Waals surface area contributed by atoms with Gasteiger partial charge in [0.2, 0.25) is 0 Å². The average molecular weight is 345 g/mol. The van der Waals surface area contributed by atoms with E-state index in [1.54, 1.807) is 4.90 Å². The molecular formula is C18H20FN3O3. The van der Waals surface area contributed by atoms with E-state index in [9.17, 15) is 19.1 Å². The maximum absolute atomic E-state index is 13.1. The minimum Gasteiger partial charge on any atom is -0.394 e. The van der Waals surface area contributed by atoms with Crippen molar-refractivity contribution >= 4 is 5.91 Å². The van der Waals surface area contributed by atoms with E-state index in [-0.39, 0.29) is 30.2 Å². The molecule has 2 heterocycles. The predicted molar refractivity (Wildman–Crippen MR) is 90.1 cm³/mol. The monoisotopic (exact) mass is 345 g/mol. The zero-order valence-electron chi connectivity index (χ0n) is 13.9. The maximum Gasteiger partial charge on any atom is 0.274 e. The number of aliphatic hydroxyl groups excluding tert-OH is 1. The number of aromatic nitrogens is 2. The second-order valence-electron chi connectivity index (χ2n) is 6.31. The molecule has 1 N–H and O–H groups in total. The Morgan fingerprint density at radius 1 is 1.28 bits per heavy atom. The topological polar surface area (TPSA) is 75.4 Å². The molecule has 1 aromatic heterocycles. The molecule has 3 rings (SSSR count). The van der Waals surface area contributed by atoms with E-state index in [2.05, 4.69) is 5.10 Å². The van der Waals surface area contributed by atoms with Gasteiger partial charge in [-0.15, -0.1) is 0 Å². The molecule has 0 bridgehead atoms. The van der Waals surface area contributed by atoms with Crippen LogP contribution in [0, 0.1) is 11.7 Å². The van der Waals surface area contributed by atoms with Crippen LogP contribution >= 0.6 is 0 Å². The first kappa shape index (κ1) is 17.3. The fourth-order valence-corrected chi connectivity index (χ4v) is 3.22. The first-order chi connectivity index (χ1) is 12.0. The predicted octanol–water partition coefficient (Wildman–Crippen LogP) is 1.60. The first-order valence-electron chi connectivity index (χ1n) is 8.29. The van der Waals surface area contributed by atoms with Gasteiger partial charge in [0, 0.05) is 12.6 Å². The van der Waals surface area contributed by atoms with Crippen molar-refractivity contribution in [1.82, 2.24) is 14.7 Å². The molecule has 1 saturated heterocycles. The summed E-state index contributed by atoms with van der Waals surface area (Å²) in [6.45, 7) is 2.45. The van der Waals surface area contributed by atoms with Crippen LogP contribution in [0.15, 0.2) is 41.2 Å². The molecule has 25 heavy (non-hydrogen) atoms. The lowest BCUT2D eigenvalue weighted by atomic mass is 9.91. The van der Waals surface area contributed by atoms with Gasteiger partial charge in [0.1, 0.15) is 11.5 Å². The zero-order chi connectivity index (χ0) is 18.0. The van der Waals surface area contributed by atoms with Gasteiger partial charge >= 0.3 is 0 Å². The van der Waals surface area contributed by atoms with E-state index < -0.39 is 11.4 Å². The Morgan fingerprint density at radius 3 is 2.68 bits per heavy atom. The van der Waals surface area contributed by atoms with Crippen molar-refractivity contribution < 1.29 is 14.3 Å². The summed E-state index contributed by atoms with van der Waals surface area (Å²) in [5, 5.41) is 13.8. The summed E-state index contributed by atoms with van der Waals surface area (Å²) in [6.07, 6.45) is 1.82. The van der Waals surface area contributed by atoms with Crippen LogP contribution in [0.25, 0.3) is 5.69 Å². The number of amides is 1. The van der Waals surface area contributed by atoms with Gasteiger partial charge in [-0.3, -0.25) is 9.59 Å². The highest BCUT2D eigenvalue weighted by atomic mass is 19.1. The third kappa shape index (κ3) is 3.46. The van der Waals surface area contributed by atoms with Crippen LogP contribution in [0.5, 0.6) is 0 Å². The highest BCUT2D eigenvalue weighted by Gasteiger charge is 2.32. The number of piperidine rings is 1. The summed E-state index contributed by atoms with van der Waals surface area (Å²) >= 11 is 0. The Bertz CT molecular complexity index is 819. The van der Waals surface area contributed by atoms with Crippen LogP contribution in [0.2, 0.25) is 0 Å². The quantitative estimate of drug-likeness (QED) is 0.917. The molecule has 0 saturated carbocycles. The second-order valence-corrected chi connectivity index (χ2v) is 6.31. The highest BCUT2D eigenvalue weighted by Crippen LogP contribution is 2.24. The minimum absolute atomic E-state index is 0.107. The molecule has 0 spiro atoms. The molecule has 6 nitrogen and oxygen atoms in total. The number of likely N-dealkylation sites (tertiary alicyclic amines) is 1. The van der Waals surface area contributed by atoms with Crippen molar-refractivity contribution in [2.45, 2.75) is 25.8 Å². The largest absolute Gasteiger partial charge is 0.394 e. The summed E-state index contributed by atoms with van der Waals surface area (Å²) < 4.78 is 14.2. The molecule has 0 aliphatic carbocycles. The summed E-state index contributed by atoms with van der Waals surface area (Å²) in [5.41, 5.74) is 0.0946. The number of aliphatic hydroxyl groups is 1.